The molecule has 0 aliphatic carbocycles. The van der Waals surface area contributed by atoms with Gasteiger partial charge in [0.2, 0.25) is 0 Å². The average molecular weight is 261 g/mol. The minimum Gasteiger partial charge on any atom is -0.507 e. The Labute approximate surface area is 118 Å². The van der Waals surface area contributed by atoms with Gasteiger partial charge in [-0.2, -0.15) is 0 Å². The van der Waals surface area contributed by atoms with E-state index in [1.54, 1.807) is 12.3 Å². The molecule has 3 rings (SSSR count). The first-order valence-electron chi connectivity index (χ1n) is 6.55. The molecule has 0 bridgehead atoms. The summed E-state index contributed by atoms with van der Waals surface area (Å²) in [7, 11) is 0. The zero-order valence-corrected chi connectivity index (χ0v) is 11.2. The predicted octanol–water partition coefficient (Wildman–Crippen LogP) is 4.60. The summed E-state index contributed by atoms with van der Waals surface area (Å²) in [4.78, 5) is 4.44. The predicted molar refractivity (Wildman–Crippen MR) is 84.0 cm³/mol. The van der Waals surface area contributed by atoms with Crippen LogP contribution in [-0.2, 0) is 0 Å². The second kappa shape index (κ2) is 5.17. The minimum atomic E-state index is 0.250. The molecule has 0 fully saturated rings. The highest BCUT2D eigenvalue weighted by atomic mass is 16.3. The first-order valence-corrected chi connectivity index (χ1v) is 6.55. The molecule has 1 N–H and O–H groups in total. The van der Waals surface area contributed by atoms with Gasteiger partial charge in [-0.1, -0.05) is 48.0 Å². The Morgan fingerprint density at radius 1 is 0.900 bits per heavy atom. The van der Waals surface area contributed by atoms with Crippen LogP contribution in [0, 0.1) is 6.92 Å². The molecular weight excluding hydrogens is 246 g/mol. The lowest BCUT2D eigenvalue weighted by atomic mass is 10.0. The summed E-state index contributed by atoms with van der Waals surface area (Å²) in [6, 6.07) is 19.6. The maximum Gasteiger partial charge on any atom is 0.124 e. The topological polar surface area (TPSA) is 32.6 Å². The van der Waals surface area contributed by atoms with E-state index < -0.39 is 0 Å². The van der Waals surface area contributed by atoms with Crippen LogP contribution in [-0.4, -0.2) is 11.3 Å². The van der Waals surface area contributed by atoms with Crippen LogP contribution >= 0.6 is 0 Å². The molecule has 0 saturated carbocycles. The molecule has 0 aromatic heterocycles. The van der Waals surface area contributed by atoms with Crippen LogP contribution in [0.4, 0.5) is 5.69 Å². The number of phenolic OH excluding ortho intramolecular Hbond substituents is 1. The second-order valence-electron chi connectivity index (χ2n) is 4.81. The standard InChI is InChI=1S/C18H15NO/c1-13-6-9-15(10-7-13)19-12-17-16-5-3-2-4-14(16)8-11-18(17)20/h2-12,20H,1H3. The number of rotatable bonds is 2. The van der Waals surface area contributed by atoms with Gasteiger partial charge >= 0.3 is 0 Å². The third-order valence-corrected chi connectivity index (χ3v) is 3.32. The SMILES string of the molecule is Cc1ccc(N=Cc2c(O)ccc3ccccc23)cc1. The van der Waals surface area contributed by atoms with Crippen LogP contribution in [0.15, 0.2) is 65.7 Å². The van der Waals surface area contributed by atoms with E-state index in [1.165, 1.54) is 5.56 Å². The molecular formula is C18H15NO. The molecule has 0 unspecified atom stereocenters. The van der Waals surface area contributed by atoms with Gasteiger partial charge in [-0.05, 0) is 35.9 Å². The Bertz CT molecular complexity index is 773. The quantitative estimate of drug-likeness (QED) is 0.671. The number of phenols is 1. The second-order valence-corrected chi connectivity index (χ2v) is 4.81. The number of fused-ring (bicyclic) bond motifs is 1. The maximum atomic E-state index is 10.0. The first kappa shape index (κ1) is 12.4. The van der Waals surface area contributed by atoms with E-state index in [-0.39, 0.29) is 5.75 Å². The normalized spacial score (nSPS) is 11.2. The lowest BCUT2D eigenvalue weighted by Crippen LogP contribution is -1.85. The summed E-state index contributed by atoms with van der Waals surface area (Å²) < 4.78 is 0. The third-order valence-electron chi connectivity index (χ3n) is 3.32. The Balaban J connectivity index is 2.06. The summed E-state index contributed by atoms with van der Waals surface area (Å²) >= 11 is 0. The smallest absolute Gasteiger partial charge is 0.124 e. The molecule has 2 heteroatoms. The monoisotopic (exact) mass is 261 g/mol. The van der Waals surface area contributed by atoms with Crippen molar-refractivity contribution in [2.45, 2.75) is 6.92 Å². The Kier molecular flexibility index (Phi) is 3.21. The minimum absolute atomic E-state index is 0.250. The number of benzene rings is 3. The lowest BCUT2D eigenvalue weighted by molar-refractivity contribution is 0.475. The first-order chi connectivity index (χ1) is 9.74. The van der Waals surface area contributed by atoms with Gasteiger partial charge < -0.3 is 5.11 Å². The van der Waals surface area contributed by atoms with E-state index in [9.17, 15) is 5.11 Å². The van der Waals surface area contributed by atoms with Crippen LogP contribution in [0.1, 0.15) is 11.1 Å². The van der Waals surface area contributed by atoms with Crippen molar-refractivity contribution in [2.24, 2.45) is 4.99 Å². The number of aliphatic imine (C=N–C) groups is 1. The zero-order valence-electron chi connectivity index (χ0n) is 11.2. The summed E-state index contributed by atoms with van der Waals surface area (Å²) in [6.45, 7) is 2.05. The summed E-state index contributed by atoms with van der Waals surface area (Å²) in [5.74, 6) is 0.250. The molecule has 0 aliphatic rings. The molecule has 2 nitrogen and oxygen atoms in total. The third kappa shape index (κ3) is 2.41. The fraction of sp³-hybridized carbons (Fsp3) is 0.0556. The van der Waals surface area contributed by atoms with Crippen molar-refractivity contribution in [1.82, 2.24) is 0 Å². The molecule has 3 aromatic carbocycles. The van der Waals surface area contributed by atoms with E-state index in [0.29, 0.717) is 0 Å². The van der Waals surface area contributed by atoms with Gasteiger partial charge in [0.25, 0.3) is 0 Å². The summed E-state index contributed by atoms with van der Waals surface area (Å²) in [6.07, 6.45) is 1.72. The van der Waals surface area contributed by atoms with Crippen molar-refractivity contribution in [3.63, 3.8) is 0 Å². The van der Waals surface area contributed by atoms with Crippen molar-refractivity contribution in [3.8, 4) is 5.75 Å². The molecule has 0 heterocycles. The number of hydrogen-bond acceptors (Lipinski definition) is 2. The van der Waals surface area contributed by atoms with Crippen molar-refractivity contribution in [1.29, 1.82) is 0 Å². The van der Waals surface area contributed by atoms with Gasteiger partial charge in [-0.15, -0.1) is 0 Å². The van der Waals surface area contributed by atoms with E-state index in [2.05, 4.69) is 4.99 Å². The molecule has 0 spiro atoms. The van der Waals surface area contributed by atoms with Crippen molar-refractivity contribution in [3.05, 3.63) is 71.8 Å². The van der Waals surface area contributed by atoms with Crippen molar-refractivity contribution >= 4 is 22.7 Å². The zero-order chi connectivity index (χ0) is 13.9. The Morgan fingerprint density at radius 3 is 2.45 bits per heavy atom. The number of aromatic hydroxyl groups is 1. The highest BCUT2D eigenvalue weighted by Crippen LogP contribution is 2.26. The lowest BCUT2D eigenvalue weighted by Gasteiger charge is -2.04. The van der Waals surface area contributed by atoms with E-state index in [1.807, 2.05) is 61.5 Å². The van der Waals surface area contributed by atoms with Gasteiger partial charge in [0.1, 0.15) is 5.75 Å². The molecule has 20 heavy (non-hydrogen) atoms. The fourth-order valence-electron chi connectivity index (χ4n) is 2.19. The maximum absolute atomic E-state index is 10.0. The van der Waals surface area contributed by atoms with Crippen LogP contribution in [0.2, 0.25) is 0 Å². The molecule has 3 aromatic rings. The van der Waals surface area contributed by atoms with Crippen LogP contribution in [0.3, 0.4) is 0 Å². The summed E-state index contributed by atoms with van der Waals surface area (Å²) in [5.41, 5.74) is 2.84. The van der Waals surface area contributed by atoms with Crippen molar-refractivity contribution in [2.75, 3.05) is 0 Å². The molecule has 98 valence electrons. The van der Waals surface area contributed by atoms with Crippen LogP contribution in [0.5, 0.6) is 5.75 Å². The van der Waals surface area contributed by atoms with Gasteiger partial charge in [0.15, 0.2) is 0 Å². The number of hydrogen-bond donors (Lipinski definition) is 1. The van der Waals surface area contributed by atoms with Gasteiger partial charge in [-0.25, -0.2) is 0 Å². The molecule has 0 atom stereocenters. The number of nitrogens with zero attached hydrogens (tertiary/aromatic N) is 1. The molecule has 0 aliphatic heterocycles. The Hall–Kier alpha value is -2.61. The van der Waals surface area contributed by atoms with Crippen LogP contribution in [0.25, 0.3) is 10.8 Å². The van der Waals surface area contributed by atoms with Gasteiger partial charge in [-0.3, -0.25) is 4.99 Å². The number of aryl methyl sites for hydroxylation is 1. The molecule has 0 amide bonds. The van der Waals surface area contributed by atoms with Gasteiger partial charge in [0.05, 0.1) is 5.69 Å². The average Bonchev–Trinajstić information content (AvgIpc) is 2.48. The van der Waals surface area contributed by atoms with E-state index >= 15 is 0 Å². The van der Waals surface area contributed by atoms with E-state index in [0.717, 1.165) is 22.0 Å². The molecule has 0 saturated heterocycles. The van der Waals surface area contributed by atoms with Crippen LogP contribution < -0.4 is 0 Å². The fourth-order valence-corrected chi connectivity index (χ4v) is 2.19. The highest BCUT2D eigenvalue weighted by Gasteiger charge is 2.03. The van der Waals surface area contributed by atoms with Gasteiger partial charge in [0, 0.05) is 11.8 Å². The summed E-state index contributed by atoms with van der Waals surface area (Å²) in [5, 5.41) is 12.1. The van der Waals surface area contributed by atoms with Crippen molar-refractivity contribution < 1.29 is 5.11 Å². The largest absolute Gasteiger partial charge is 0.507 e. The Morgan fingerprint density at radius 2 is 1.65 bits per heavy atom. The van der Waals surface area contributed by atoms with E-state index in [4.69, 9.17) is 0 Å². The molecule has 0 radical (unpaired) electrons. The highest BCUT2D eigenvalue weighted by molar-refractivity contribution is 6.02.